The van der Waals surface area contributed by atoms with Crippen molar-refractivity contribution >= 4 is 46.3 Å². The van der Waals surface area contributed by atoms with Gasteiger partial charge in [-0.3, -0.25) is 0 Å². The summed E-state index contributed by atoms with van der Waals surface area (Å²) in [6.45, 7) is 0. The molecule has 23 heavy (non-hydrogen) atoms. The van der Waals surface area contributed by atoms with Crippen LogP contribution < -0.4 is 9.74 Å². The van der Waals surface area contributed by atoms with Crippen LogP contribution in [0.3, 0.4) is 0 Å². The highest BCUT2D eigenvalue weighted by Crippen LogP contribution is 2.17. The van der Waals surface area contributed by atoms with E-state index in [0.717, 1.165) is 10.3 Å². The normalized spacial score (nSPS) is 11.3. The molecule has 0 bridgehead atoms. The molecular weight excluding hydrogens is 335 g/mol. The Kier molecular flexibility index (Phi) is 4.32. The minimum Gasteiger partial charge on any atom is -0.618 e. The van der Waals surface area contributed by atoms with Crippen molar-refractivity contribution in [3.05, 3.63) is 69.5 Å². The van der Waals surface area contributed by atoms with Gasteiger partial charge >= 0.3 is 0 Å². The molecule has 116 valence electrons. The molecule has 7 heteroatoms. The number of aromatic nitrogens is 2. The molecule has 0 spiro atoms. The monoisotopic (exact) mass is 346 g/mol. The van der Waals surface area contributed by atoms with Crippen LogP contribution in [0, 0.1) is 5.21 Å². The van der Waals surface area contributed by atoms with Gasteiger partial charge in [0, 0.05) is 23.2 Å². The van der Waals surface area contributed by atoms with Crippen molar-refractivity contribution in [3.63, 3.8) is 0 Å². The standard InChI is InChI=1S/C16H12Cl2N4O/c1-21(19-9-11-2-4-12(17)5-3-11)16-10-22(23)15-8-13(18)6-7-14(15)20-16/h2-10H,1H3/b19-9+. The van der Waals surface area contributed by atoms with Crippen molar-refractivity contribution < 1.29 is 4.73 Å². The van der Waals surface area contributed by atoms with Gasteiger partial charge in [0.05, 0.1) is 6.21 Å². The highest BCUT2D eigenvalue weighted by Gasteiger charge is 2.11. The number of rotatable bonds is 3. The van der Waals surface area contributed by atoms with E-state index in [-0.39, 0.29) is 0 Å². The summed E-state index contributed by atoms with van der Waals surface area (Å²) in [5.41, 5.74) is 1.86. The van der Waals surface area contributed by atoms with Crippen molar-refractivity contribution in [2.45, 2.75) is 0 Å². The molecule has 2 aromatic carbocycles. The first-order valence-corrected chi connectivity index (χ1v) is 7.51. The van der Waals surface area contributed by atoms with Crippen LogP contribution in [0.25, 0.3) is 11.0 Å². The summed E-state index contributed by atoms with van der Waals surface area (Å²) in [7, 11) is 1.72. The number of halogens is 2. The third kappa shape index (κ3) is 3.52. The number of hydrogen-bond donors (Lipinski definition) is 0. The van der Waals surface area contributed by atoms with Crippen LogP contribution in [0.2, 0.25) is 10.0 Å². The lowest BCUT2D eigenvalue weighted by Gasteiger charge is -2.12. The predicted octanol–water partition coefficient (Wildman–Crippen LogP) is 3.65. The summed E-state index contributed by atoms with van der Waals surface area (Å²) in [5.74, 6) is 0.431. The molecule has 0 radical (unpaired) electrons. The fourth-order valence-electron chi connectivity index (χ4n) is 2.01. The van der Waals surface area contributed by atoms with Crippen LogP contribution in [-0.4, -0.2) is 18.2 Å². The van der Waals surface area contributed by atoms with Gasteiger partial charge < -0.3 is 5.21 Å². The summed E-state index contributed by atoms with van der Waals surface area (Å²) in [6, 6.07) is 12.2. The zero-order chi connectivity index (χ0) is 16.4. The Morgan fingerprint density at radius 3 is 2.57 bits per heavy atom. The molecule has 0 saturated heterocycles. The second-order valence-corrected chi connectivity index (χ2v) is 5.75. The highest BCUT2D eigenvalue weighted by atomic mass is 35.5. The molecule has 0 aliphatic heterocycles. The average molecular weight is 347 g/mol. The molecule has 0 saturated carbocycles. The van der Waals surface area contributed by atoms with Crippen LogP contribution in [0.15, 0.2) is 53.8 Å². The largest absolute Gasteiger partial charge is 0.618 e. The molecule has 0 aliphatic rings. The van der Waals surface area contributed by atoms with Crippen molar-refractivity contribution in [1.82, 2.24) is 4.98 Å². The van der Waals surface area contributed by atoms with Crippen LogP contribution in [0.1, 0.15) is 5.56 Å². The maximum Gasteiger partial charge on any atom is 0.244 e. The lowest BCUT2D eigenvalue weighted by Crippen LogP contribution is -2.29. The third-order valence-corrected chi connectivity index (χ3v) is 3.71. The van der Waals surface area contributed by atoms with Gasteiger partial charge in [-0.2, -0.15) is 9.83 Å². The first-order valence-electron chi connectivity index (χ1n) is 6.76. The Labute approximate surface area is 143 Å². The Morgan fingerprint density at radius 1 is 1.13 bits per heavy atom. The molecule has 0 N–H and O–H groups in total. The van der Waals surface area contributed by atoms with E-state index in [0.29, 0.717) is 26.9 Å². The molecule has 1 heterocycles. The number of fused-ring (bicyclic) bond motifs is 1. The summed E-state index contributed by atoms with van der Waals surface area (Å²) in [5, 5.41) is 19.1. The summed E-state index contributed by atoms with van der Waals surface area (Å²) in [6.07, 6.45) is 3.02. The van der Waals surface area contributed by atoms with Crippen molar-refractivity contribution in [2.24, 2.45) is 5.10 Å². The van der Waals surface area contributed by atoms with E-state index in [2.05, 4.69) is 10.1 Å². The van der Waals surface area contributed by atoms with E-state index in [1.54, 1.807) is 43.6 Å². The fourth-order valence-corrected chi connectivity index (χ4v) is 2.30. The van der Waals surface area contributed by atoms with Gasteiger partial charge in [-0.15, -0.1) is 0 Å². The molecule has 0 atom stereocenters. The number of nitrogens with zero attached hydrogens (tertiary/aromatic N) is 4. The maximum atomic E-state index is 12.1. The van der Waals surface area contributed by atoms with Gasteiger partial charge in [-0.25, -0.2) is 9.99 Å². The van der Waals surface area contributed by atoms with Crippen LogP contribution >= 0.6 is 23.2 Å². The lowest BCUT2D eigenvalue weighted by atomic mass is 10.2. The highest BCUT2D eigenvalue weighted by molar-refractivity contribution is 6.31. The first-order chi connectivity index (χ1) is 11.0. The Hall–Kier alpha value is -2.37. The van der Waals surface area contributed by atoms with Crippen LogP contribution in [0.4, 0.5) is 5.82 Å². The zero-order valence-electron chi connectivity index (χ0n) is 12.1. The second-order valence-electron chi connectivity index (χ2n) is 4.88. The average Bonchev–Trinajstić information content (AvgIpc) is 2.54. The third-order valence-electron chi connectivity index (χ3n) is 3.22. The van der Waals surface area contributed by atoms with Gasteiger partial charge in [0.2, 0.25) is 17.5 Å². The van der Waals surface area contributed by atoms with Crippen LogP contribution in [-0.2, 0) is 0 Å². The van der Waals surface area contributed by atoms with Crippen LogP contribution in [0.5, 0.6) is 0 Å². The maximum absolute atomic E-state index is 12.1. The van der Waals surface area contributed by atoms with Gasteiger partial charge in [0.25, 0.3) is 0 Å². The van der Waals surface area contributed by atoms with Gasteiger partial charge in [-0.1, -0.05) is 35.3 Å². The molecule has 3 rings (SSSR count). The first kappa shape index (κ1) is 15.5. The molecule has 0 aliphatic carbocycles. The second kappa shape index (κ2) is 6.40. The Bertz CT molecular complexity index is 881. The smallest absolute Gasteiger partial charge is 0.244 e. The summed E-state index contributed by atoms with van der Waals surface area (Å²) >= 11 is 11.7. The fraction of sp³-hybridized carbons (Fsp3) is 0.0625. The lowest BCUT2D eigenvalue weighted by molar-refractivity contribution is -0.576. The minimum atomic E-state index is 0.413. The SMILES string of the molecule is CN(/N=C/c1ccc(Cl)cc1)c1c[n+]([O-])c2cc(Cl)ccc2n1. The molecule has 0 unspecified atom stereocenters. The summed E-state index contributed by atoms with van der Waals surface area (Å²) in [4.78, 5) is 4.42. The minimum absolute atomic E-state index is 0.413. The van der Waals surface area contributed by atoms with Crippen molar-refractivity contribution in [2.75, 3.05) is 12.1 Å². The van der Waals surface area contributed by atoms with Gasteiger partial charge in [-0.05, 0) is 29.8 Å². The quantitative estimate of drug-likeness (QED) is 0.315. The summed E-state index contributed by atoms with van der Waals surface area (Å²) < 4.78 is 0.734. The van der Waals surface area contributed by atoms with Gasteiger partial charge in [0.15, 0.2) is 0 Å². The number of hydrazone groups is 1. The molecule has 0 fully saturated rings. The zero-order valence-corrected chi connectivity index (χ0v) is 13.7. The van der Waals surface area contributed by atoms with E-state index in [4.69, 9.17) is 23.2 Å². The topological polar surface area (TPSA) is 55.4 Å². The predicted molar refractivity (Wildman–Crippen MR) is 93.2 cm³/mol. The van der Waals surface area contributed by atoms with E-state index in [1.165, 1.54) is 11.2 Å². The van der Waals surface area contributed by atoms with E-state index in [1.807, 2.05) is 12.1 Å². The Balaban J connectivity index is 1.90. The van der Waals surface area contributed by atoms with Crippen molar-refractivity contribution in [3.8, 4) is 0 Å². The molecule has 3 aromatic rings. The number of hydrogen-bond acceptors (Lipinski definition) is 4. The molecule has 1 aromatic heterocycles. The molecule has 0 amide bonds. The number of anilines is 1. The van der Waals surface area contributed by atoms with Crippen molar-refractivity contribution in [1.29, 1.82) is 0 Å². The molecule has 5 nitrogen and oxygen atoms in total. The van der Waals surface area contributed by atoms with Gasteiger partial charge in [0.1, 0.15) is 5.52 Å². The van der Waals surface area contributed by atoms with E-state index < -0.39 is 0 Å². The Morgan fingerprint density at radius 2 is 1.83 bits per heavy atom. The number of benzene rings is 2. The van der Waals surface area contributed by atoms with E-state index >= 15 is 0 Å². The molecular formula is C16H12Cl2N4O. The van der Waals surface area contributed by atoms with E-state index in [9.17, 15) is 5.21 Å².